The van der Waals surface area contributed by atoms with E-state index in [2.05, 4.69) is 12.3 Å². The molecule has 1 aromatic rings. The number of hydrazine groups is 1. The van der Waals surface area contributed by atoms with Crippen LogP contribution in [-0.2, 0) is 0 Å². The van der Waals surface area contributed by atoms with E-state index in [9.17, 15) is 5.11 Å². The van der Waals surface area contributed by atoms with Gasteiger partial charge in [0.05, 0.1) is 12.7 Å². The maximum atomic E-state index is 9.90. The van der Waals surface area contributed by atoms with Crippen LogP contribution < -0.4 is 14.3 Å². The van der Waals surface area contributed by atoms with Gasteiger partial charge in [0.15, 0.2) is 12.2 Å². The molecule has 118 valence electrons. The van der Waals surface area contributed by atoms with Crippen LogP contribution in [0.2, 0.25) is 0 Å². The second-order valence-corrected chi connectivity index (χ2v) is 6.09. The molecule has 2 rings (SSSR count). The summed E-state index contributed by atoms with van der Waals surface area (Å²) in [6.45, 7) is 8.39. The topological polar surface area (TPSA) is 54.0 Å². The number of aliphatic hydroxyl groups excluding tert-OH is 1. The summed E-state index contributed by atoms with van der Waals surface area (Å²) in [5.41, 5.74) is 4.02. The minimum Gasteiger partial charge on any atom is -0.494 e. The summed E-state index contributed by atoms with van der Waals surface area (Å²) in [6, 6.07) is 5.53. The van der Waals surface area contributed by atoms with E-state index in [4.69, 9.17) is 8.92 Å². The van der Waals surface area contributed by atoms with Crippen molar-refractivity contribution in [2.45, 2.75) is 33.3 Å². The standard InChI is InChI=1S/C15H24N2O3S/c1-4-19-13-5-6-15(14(9-13)12(3)18)20-21-17-10-11(2)7-8-16-17/h5-6,9,11-12,16,18H,4,7-8,10H2,1-3H3/t11-,12?/m1/s1. The Morgan fingerprint density at radius 1 is 1.52 bits per heavy atom. The fourth-order valence-electron chi connectivity index (χ4n) is 2.20. The molecule has 1 aromatic carbocycles. The lowest BCUT2D eigenvalue weighted by molar-refractivity contribution is 0.195. The van der Waals surface area contributed by atoms with E-state index < -0.39 is 6.10 Å². The molecule has 1 aliphatic rings. The van der Waals surface area contributed by atoms with Crippen molar-refractivity contribution in [2.24, 2.45) is 5.92 Å². The van der Waals surface area contributed by atoms with Gasteiger partial charge in [0.25, 0.3) is 0 Å². The fraction of sp³-hybridized carbons (Fsp3) is 0.600. The zero-order valence-corrected chi connectivity index (χ0v) is 13.7. The van der Waals surface area contributed by atoms with E-state index in [0.29, 0.717) is 18.3 Å². The van der Waals surface area contributed by atoms with E-state index in [0.717, 1.165) is 24.4 Å². The van der Waals surface area contributed by atoms with Crippen molar-refractivity contribution in [1.29, 1.82) is 0 Å². The predicted molar refractivity (Wildman–Crippen MR) is 85.0 cm³/mol. The van der Waals surface area contributed by atoms with Gasteiger partial charge in [0.2, 0.25) is 0 Å². The van der Waals surface area contributed by atoms with Gasteiger partial charge in [-0.15, -0.1) is 0 Å². The molecule has 21 heavy (non-hydrogen) atoms. The Kier molecular flexibility index (Phi) is 6.17. The van der Waals surface area contributed by atoms with Crippen molar-refractivity contribution < 1.29 is 14.0 Å². The Labute approximate surface area is 130 Å². The first-order valence-corrected chi connectivity index (χ1v) is 8.10. The molecule has 2 atom stereocenters. The van der Waals surface area contributed by atoms with Crippen LogP contribution in [0.4, 0.5) is 0 Å². The Bertz CT molecular complexity index is 457. The number of nitrogens with one attached hydrogen (secondary N) is 1. The highest BCUT2D eigenvalue weighted by Gasteiger charge is 2.19. The molecule has 0 aliphatic carbocycles. The van der Waals surface area contributed by atoms with Crippen LogP contribution in [0.1, 0.15) is 38.9 Å². The first-order valence-electron chi connectivity index (χ1n) is 7.40. The normalized spacial score (nSPS) is 21.0. The van der Waals surface area contributed by atoms with Gasteiger partial charge < -0.3 is 14.0 Å². The second kappa shape index (κ2) is 7.89. The van der Waals surface area contributed by atoms with E-state index in [1.165, 1.54) is 18.6 Å². The van der Waals surface area contributed by atoms with Gasteiger partial charge in [-0.2, -0.15) is 4.41 Å². The van der Waals surface area contributed by atoms with Crippen molar-refractivity contribution in [1.82, 2.24) is 9.84 Å². The van der Waals surface area contributed by atoms with Gasteiger partial charge >= 0.3 is 0 Å². The van der Waals surface area contributed by atoms with E-state index in [1.807, 2.05) is 29.5 Å². The van der Waals surface area contributed by atoms with Crippen molar-refractivity contribution in [3.63, 3.8) is 0 Å². The number of ether oxygens (including phenoxy) is 1. The van der Waals surface area contributed by atoms with Crippen molar-refractivity contribution >= 4 is 12.2 Å². The minimum atomic E-state index is -0.603. The first-order chi connectivity index (χ1) is 10.1. The molecule has 0 saturated carbocycles. The third-order valence-electron chi connectivity index (χ3n) is 3.36. The smallest absolute Gasteiger partial charge is 0.162 e. The Hall–Kier alpha value is -0.950. The largest absolute Gasteiger partial charge is 0.494 e. The molecule has 1 heterocycles. The highest BCUT2D eigenvalue weighted by Crippen LogP contribution is 2.32. The third-order valence-corrected chi connectivity index (χ3v) is 4.07. The van der Waals surface area contributed by atoms with Gasteiger partial charge in [-0.25, -0.2) is 5.43 Å². The summed E-state index contributed by atoms with van der Waals surface area (Å²) in [4.78, 5) is 0. The maximum absolute atomic E-state index is 9.90. The summed E-state index contributed by atoms with van der Waals surface area (Å²) < 4.78 is 13.2. The Balaban J connectivity index is 2.01. The van der Waals surface area contributed by atoms with Gasteiger partial charge in [-0.3, -0.25) is 0 Å². The third kappa shape index (κ3) is 4.78. The molecule has 6 heteroatoms. The molecular weight excluding hydrogens is 288 g/mol. The molecule has 0 spiro atoms. The van der Waals surface area contributed by atoms with Crippen LogP contribution in [0.5, 0.6) is 11.5 Å². The Morgan fingerprint density at radius 2 is 2.33 bits per heavy atom. The van der Waals surface area contributed by atoms with Gasteiger partial charge in [-0.05, 0) is 44.4 Å². The average Bonchev–Trinajstić information content (AvgIpc) is 2.46. The summed E-state index contributed by atoms with van der Waals surface area (Å²) >= 11 is 1.28. The number of rotatable bonds is 6. The lowest BCUT2D eigenvalue weighted by Crippen LogP contribution is -2.42. The zero-order chi connectivity index (χ0) is 15.2. The molecule has 5 nitrogen and oxygen atoms in total. The summed E-state index contributed by atoms with van der Waals surface area (Å²) in [7, 11) is 0. The summed E-state index contributed by atoms with van der Waals surface area (Å²) in [5, 5.41) is 9.90. The van der Waals surface area contributed by atoms with Crippen molar-refractivity contribution in [3.8, 4) is 11.5 Å². The van der Waals surface area contributed by atoms with E-state index >= 15 is 0 Å². The molecule has 2 N–H and O–H groups in total. The molecule has 0 aromatic heterocycles. The van der Waals surface area contributed by atoms with Crippen LogP contribution in [0.3, 0.4) is 0 Å². The molecule has 1 aliphatic heterocycles. The molecule has 1 saturated heterocycles. The minimum absolute atomic E-state index is 0.601. The second-order valence-electron chi connectivity index (χ2n) is 5.33. The quantitative estimate of drug-likeness (QED) is 0.622. The lowest BCUT2D eigenvalue weighted by Gasteiger charge is -2.29. The van der Waals surface area contributed by atoms with Gasteiger partial charge in [0.1, 0.15) is 11.5 Å². The molecule has 0 bridgehead atoms. The molecule has 1 fully saturated rings. The van der Waals surface area contributed by atoms with Crippen LogP contribution in [-0.4, -0.2) is 29.2 Å². The molecule has 0 amide bonds. The van der Waals surface area contributed by atoms with Crippen molar-refractivity contribution in [3.05, 3.63) is 23.8 Å². The molecule has 1 unspecified atom stereocenters. The van der Waals surface area contributed by atoms with Crippen LogP contribution >= 0.6 is 12.2 Å². The maximum Gasteiger partial charge on any atom is 0.162 e. The Morgan fingerprint density at radius 3 is 3.00 bits per heavy atom. The number of benzene rings is 1. The summed E-state index contributed by atoms with van der Waals surface area (Å²) in [6.07, 6.45) is 0.577. The SMILES string of the molecule is CCOc1ccc(OSN2C[C@H](C)CCN2)c(C(C)O)c1. The highest BCUT2D eigenvalue weighted by molar-refractivity contribution is 7.92. The number of hydrogen-bond donors (Lipinski definition) is 2. The van der Waals surface area contributed by atoms with E-state index in [-0.39, 0.29) is 0 Å². The van der Waals surface area contributed by atoms with Gasteiger partial charge in [-0.1, -0.05) is 6.92 Å². The zero-order valence-electron chi connectivity index (χ0n) is 12.8. The van der Waals surface area contributed by atoms with Crippen LogP contribution in [0.15, 0.2) is 18.2 Å². The summed E-state index contributed by atoms with van der Waals surface area (Å²) in [5.74, 6) is 2.06. The average molecular weight is 312 g/mol. The van der Waals surface area contributed by atoms with Crippen molar-refractivity contribution in [2.75, 3.05) is 19.7 Å². The monoisotopic (exact) mass is 312 g/mol. The predicted octanol–water partition coefficient (Wildman–Crippen LogP) is 2.93. The van der Waals surface area contributed by atoms with Crippen LogP contribution in [0.25, 0.3) is 0 Å². The number of aliphatic hydroxyl groups is 1. The number of hydrogen-bond acceptors (Lipinski definition) is 6. The van der Waals surface area contributed by atoms with E-state index in [1.54, 1.807) is 6.92 Å². The van der Waals surface area contributed by atoms with Crippen LogP contribution in [0, 0.1) is 5.92 Å². The number of nitrogens with zero attached hydrogens (tertiary/aromatic N) is 1. The molecular formula is C15H24N2O3S. The highest BCUT2D eigenvalue weighted by atomic mass is 32.2. The van der Waals surface area contributed by atoms with Gasteiger partial charge in [0, 0.05) is 18.7 Å². The first kappa shape index (κ1) is 16.4. The molecule has 0 radical (unpaired) electrons. The fourth-order valence-corrected chi connectivity index (χ4v) is 2.98. The lowest BCUT2D eigenvalue weighted by atomic mass is 10.1.